The summed E-state index contributed by atoms with van der Waals surface area (Å²) in [5.41, 5.74) is 5.91. The first kappa shape index (κ1) is 17.5. The zero-order chi connectivity index (χ0) is 19.0. The lowest BCUT2D eigenvalue weighted by Gasteiger charge is -2.11. The number of benzene rings is 2. The minimum absolute atomic E-state index is 0.807. The summed E-state index contributed by atoms with van der Waals surface area (Å²) in [5, 5.41) is 4.51. The quantitative estimate of drug-likeness (QED) is 0.473. The molecule has 0 unspecified atom stereocenters. The first-order valence-electron chi connectivity index (χ1n) is 8.79. The molecule has 0 radical (unpaired) electrons. The van der Waals surface area contributed by atoms with E-state index in [9.17, 15) is 0 Å². The van der Waals surface area contributed by atoms with Crippen LogP contribution in [0, 0.1) is 20.8 Å². The summed E-state index contributed by atoms with van der Waals surface area (Å²) in [4.78, 5) is 11.3. The maximum atomic E-state index is 5.33. The molecule has 5 heteroatoms. The zero-order valence-corrected chi connectivity index (χ0v) is 16.6. The molecule has 4 nitrogen and oxygen atoms in total. The van der Waals surface area contributed by atoms with Crippen LogP contribution in [-0.4, -0.2) is 17.1 Å². The van der Waals surface area contributed by atoms with Gasteiger partial charge in [-0.15, -0.1) is 11.3 Å². The van der Waals surface area contributed by atoms with E-state index in [4.69, 9.17) is 4.74 Å². The molecule has 2 aromatic heterocycles. The Balaban J connectivity index is 1.88. The lowest BCUT2D eigenvalue weighted by molar-refractivity contribution is 0.415. The first-order valence-corrected chi connectivity index (χ1v) is 9.61. The summed E-state index contributed by atoms with van der Waals surface area (Å²) >= 11 is 1.70. The number of rotatable bonds is 4. The van der Waals surface area contributed by atoms with Crippen molar-refractivity contribution in [3.8, 4) is 16.9 Å². The highest BCUT2D eigenvalue weighted by Crippen LogP contribution is 2.41. The number of nitrogens with one attached hydrogen (secondary N) is 1. The van der Waals surface area contributed by atoms with Crippen molar-refractivity contribution < 1.29 is 4.74 Å². The summed E-state index contributed by atoms with van der Waals surface area (Å²) in [6.45, 7) is 6.43. The van der Waals surface area contributed by atoms with Crippen LogP contribution >= 0.6 is 11.3 Å². The standard InChI is InChI=1S/C22H21N3OS/c1-13-8-9-16(10-14(13)2)19-15(3)27-22-20(19)21(23-12-24-22)25-17-6-5-7-18(11-17)26-4/h5-12H,1-4H3,(H,23,24,25). The SMILES string of the molecule is COc1cccc(Nc2ncnc3sc(C)c(-c4ccc(C)c(C)c4)c23)c1. The third kappa shape index (κ3) is 3.26. The molecule has 0 aliphatic rings. The molecular formula is C22H21N3OS. The normalized spacial score (nSPS) is 11.0. The van der Waals surface area contributed by atoms with E-state index in [-0.39, 0.29) is 0 Å². The minimum atomic E-state index is 0.807. The summed E-state index contributed by atoms with van der Waals surface area (Å²) in [6.07, 6.45) is 1.62. The second-order valence-corrected chi connectivity index (χ2v) is 7.79. The fraction of sp³-hybridized carbons (Fsp3) is 0.182. The van der Waals surface area contributed by atoms with Crippen LogP contribution in [0.2, 0.25) is 0 Å². The van der Waals surface area contributed by atoms with E-state index in [1.54, 1.807) is 24.8 Å². The molecule has 0 atom stereocenters. The van der Waals surface area contributed by atoms with Crippen LogP contribution in [-0.2, 0) is 0 Å². The molecule has 2 heterocycles. The number of ether oxygens (including phenoxy) is 1. The molecular weight excluding hydrogens is 354 g/mol. The molecule has 4 aromatic rings. The molecule has 0 bridgehead atoms. The van der Waals surface area contributed by atoms with Crippen molar-refractivity contribution in [3.63, 3.8) is 0 Å². The fourth-order valence-electron chi connectivity index (χ4n) is 3.22. The lowest BCUT2D eigenvalue weighted by Crippen LogP contribution is -1.96. The minimum Gasteiger partial charge on any atom is -0.497 e. The monoisotopic (exact) mass is 375 g/mol. The summed E-state index contributed by atoms with van der Waals surface area (Å²) in [6, 6.07) is 14.4. The third-order valence-electron chi connectivity index (χ3n) is 4.79. The summed E-state index contributed by atoms with van der Waals surface area (Å²) in [5.74, 6) is 1.62. The number of methoxy groups -OCH3 is 1. The Morgan fingerprint density at radius 3 is 2.59 bits per heavy atom. The lowest BCUT2D eigenvalue weighted by atomic mass is 9.99. The first-order chi connectivity index (χ1) is 13.1. The number of nitrogens with zero attached hydrogens (tertiary/aromatic N) is 2. The highest BCUT2D eigenvalue weighted by molar-refractivity contribution is 7.19. The van der Waals surface area contributed by atoms with Gasteiger partial charge >= 0.3 is 0 Å². The topological polar surface area (TPSA) is 47.0 Å². The van der Waals surface area contributed by atoms with Gasteiger partial charge in [0.05, 0.1) is 12.5 Å². The van der Waals surface area contributed by atoms with E-state index >= 15 is 0 Å². The second kappa shape index (κ2) is 7.00. The van der Waals surface area contributed by atoms with Crippen LogP contribution in [0.3, 0.4) is 0 Å². The van der Waals surface area contributed by atoms with E-state index in [2.05, 4.69) is 54.3 Å². The van der Waals surface area contributed by atoms with Crippen LogP contribution in [0.1, 0.15) is 16.0 Å². The number of aromatic nitrogens is 2. The van der Waals surface area contributed by atoms with Crippen molar-refractivity contribution in [3.05, 3.63) is 64.8 Å². The van der Waals surface area contributed by atoms with Crippen LogP contribution in [0.25, 0.3) is 21.3 Å². The highest BCUT2D eigenvalue weighted by Gasteiger charge is 2.17. The number of anilines is 2. The molecule has 0 amide bonds. The van der Waals surface area contributed by atoms with Crippen molar-refractivity contribution in [1.29, 1.82) is 0 Å². The van der Waals surface area contributed by atoms with Crippen LogP contribution in [0.4, 0.5) is 11.5 Å². The predicted octanol–water partition coefficient (Wildman–Crippen LogP) is 6.04. The Kier molecular flexibility index (Phi) is 4.54. The highest BCUT2D eigenvalue weighted by atomic mass is 32.1. The molecule has 2 aromatic carbocycles. The Hall–Kier alpha value is -2.92. The zero-order valence-electron chi connectivity index (χ0n) is 15.8. The smallest absolute Gasteiger partial charge is 0.143 e. The average molecular weight is 375 g/mol. The Bertz CT molecular complexity index is 1130. The van der Waals surface area contributed by atoms with Gasteiger partial charge in [-0.1, -0.05) is 24.3 Å². The van der Waals surface area contributed by atoms with Crippen molar-refractivity contribution in [2.24, 2.45) is 0 Å². The maximum Gasteiger partial charge on any atom is 0.143 e. The van der Waals surface area contributed by atoms with Gasteiger partial charge < -0.3 is 10.1 Å². The molecule has 0 fully saturated rings. The van der Waals surface area contributed by atoms with Crippen LogP contribution in [0.15, 0.2) is 48.8 Å². The molecule has 0 saturated heterocycles. The van der Waals surface area contributed by atoms with Gasteiger partial charge in [0.1, 0.15) is 22.7 Å². The van der Waals surface area contributed by atoms with Gasteiger partial charge in [0.15, 0.2) is 0 Å². The van der Waals surface area contributed by atoms with Crippen LogP contribution < -0.4 is 10.1 Å². The van der Waals surface area contributed by atoms with E-state index in [0.29, 0.717) is 0 Å². The van der Waals surface area contributed by atoms with Gasteiger partial charge in [0.2, 0.25) is 0 Å². The Labute approximate surface area is 162 Å². The van der Waals surface area contributed by atoms with Crippen molar-refractivity contribution in [2.75, 3.05) is 12.4 Å². The molecule has 1 N–H and O–H groups in total. The van der Waals surface area contributed by atoms with E-state index in [1.807, 2.05) is 24.3 Å². The Morgan fingerprint density at radius 1 is 0.963 bits per heavy atom. The van der Waals surface area contributed by atoms with Gasteiger partial charge in [0, 0.05) is 22.2 Å². The van der Waals surface area contributed by atoms with Crippen LogP contribution in [0.5, 0.6) is 5.75 Å². The van der Waals surface area contributed by atoms with Gasteiger partial charge in [0.25, 0.3) is 0 Å². The van der Waals surface area contributed by atoms with Crippen molar-refractivity contribution in [1.82, 2.24) is 9.97 Å². The third-order valence-corrected chi connectivity index (χ3v) is 5.81. The molecule has 4 rings (SSSR count). The van der Waals surface area contributed by atoms with Gasteiger partial charge in [-0.05, 0) is 49.6 Å². The van der Waals surface area contributed by atoms with Crippen molar-refractivity contribution in [2.45, 2.75) is 20.8 Å². The number of aryl methyl sites for hydroxylation is 3. The van der Waals surface area contributed by atoms with Gasteiger partial charge in [-0.25, -0.2) is 9.97 Å². The molecule has 0 aliphatic carbocycles. The molecule has 136 valence electrons. The Morgan fingerprint density at radius 2 is 1.81 bits per heavy atom. The molecule has 0 saturated carbocycles. The molecule has 0 spiro atoms. The average Bonchev–Trinajstić information content (AvgIpc) is 3.01. The van der Waals surface area contributed by atoms with Gasteiger partial charge in [-0.3, -0.25) is 0 Å². The van der Waals surface area contributed by atoms with Gasteiger partial charge in [-0.2, -0.15) is 0 Å². The number of hydrogen-bond acceptors (Lipinski definition) is 5. The number of hydrogen-bond donors (Lipinski definition) is 1. The maximum absolute atomic E-state index is 5.33. The molecule has 27 heavy (non-hydrogen) atoms. The number of thiophene rings is 1. The summed E-state index contributed by atoms with van der Waals surface area (Å²) < 4.78 is 5.33. The molecule has 0 aliphatic heterocycles. The van der Waals surface area contributed by atoms with E-state index < -0.39 is 0 Å². The second-order valence-electron chi connectivity index (χ2n) is 6.59. The van der Waals surface area contributed by atoms with Crippen molar-refractivity contribution >= 4 is 33.1 Å². The summed E-state index contributed by atoms with van der Waals surface area (Å²) in [7, 11) is 1.67. The predicted molar refractivity (Wildman–Crippen MR) is 113 cm³/mol. The fourth-order valence-corrected chi connectivity index (χ4v) is 4.23. The van der Waals surface area contributed by atoms with E-state index in [0.717, 1.165) is 27.5 Å². The van der Waals surface area contributed by atoms with E-state index in [1.165, 1.54) is 27.1 Å². The number of fused-ring (bicyclic) bond motifs is 1. The largest absolute Gasteiger partial charge is 0.497 e.